The third kappa shape index (κ3) is 4.71. The minimum Gasteiger partial charge on any atom is -0.480 e. The molecule has 1 saturated heterocycles. The van der Waals surface area contributed by atoms with Crippen molar-refractivity contribution >= 4 is 34.6 Å². The van der Waals surface area contributed by atoms with E-state index in [1.807, 2.05) is 6.07 Å². The summed E-state index contributed by atoms with van der Waals surface area (Å²) in [5.74, 6) is -2.96. The summed E-state index contributed by atoms with van der Waals surface area (Å²) >= 11 is 0. The van der Waals surface area contributed by atoms with E-state index in [9.17, 15) is 24.3 Å². The van der Waals surface area contributed by atoms with Crippen molar-refractivity contribution in [2.24, 2.45) is 0 Å². The van der Waals surface area contributed by atoms with Crippen LogP contribution in [0.3, 0.4) is 0 Å². The van der Waals surface area contributed by atoms with Crippen LogP contribution in [0.5, 0.6) is 0 Å². The lowest BCUT2D eigenvalue weighted by Crippen LogP contribution is -2.52. The molecule has 0 saturated carbocycles. The van der Waals surface area contributed by atoms with E-state index in [2.05, 4.69) is 15.6 Å². The van der Waals surface area contributed by atoms with E-state index in [1.165, 1.54) is 11.1 Å². The Hall–Kier alpha value is -3.53. The van der Waals surface area contributed by atoms with Gasteiger partial charge in [-0.15, -0.1) is 0 Å². The van der Waals surface area contributed by atoms with Gasteiger partial charge in [-0.25, -0.2) is 0 Å². The molecule has 30 heavy (non-hydrogen) atoms. The van der Waals surface area contributed by atoms with E-state index in [-0.39, 0.29) is 6.54 Å². The molecule has 1 fully saturated rings. The van der Waals surface area contributed by atoms with Crippen LogP contribution in [0.25, 0.3) is 10.9 Å². The van der Waals surface area contributed by atoms with Crippen molar-refractivity contribution in [2.75, 3.05) is 19.6 Å². The van der Waals surface area contributed by atoms with Crippen LogP contribution in [0.1, 0.15) is 23.2 Å². The fourth-order valence-electron chi connectivity index (χ4n) is 3.52. The number of carbonyl (C=O) groups excluding carboxylic acids is 3. The number of pyridine rings is 1. The lowest BCUT2D eigenvalue weighted by atomic mass is 10.1. The van der Waals surface area contributed by atoms with Gasteiger partial charge in [-0.2, -0.15) is 0 Å². The third-order valence-corrected chi connectivity index (χ3v) is 4.96. The molecule has 0 bridgehead atoms. The first kappa shape index (κ1) is 21.2. The van der Waals surface area contributed by atoms with Gasteiger partial charge in [-0.05, 0) is 25.0 Å². The second-order valence-corrected chi connectivity index (χ2v) is 6.91. The number of rotatable bonds is 7. The monoisotopic (exact) mass is 414 g/mol. The van der Waals surface area contributed by atoms with Crippen LogP contribution in [0.15, 0.2) is 36.5 Å². The van der Waals surface area contributed by atoms with Crippen LogP contribution < -0.4 is 10.6 Å². The number of aromatic nitrogens is 1. The van der Waals surface area contributed by atoms with Crippen molar-refractivity contribution in [3.63, 3.8) is 0 Å². The maximum absolute atomic E-state index is 12.6. The molecule has 2 aromatic rings. The third-order valence-electron chi connectivity index (χ3n) is 4.96. The zero-order valence-corrected chi connectivity index (χ0v) is 16.1. The number of amides is 3. The second kappa shape index (κ2) is 9.31. The molecule has 158 valence electrons. The molecule has 1 unspecified atom stereocenters. The second-order valence-electron chi connectivity index (χ2n) is 6.91. The zero-order chi connectivity index (χ0) is 21.7. The number of aliphatic hydroxyl groups excluding tert-OH is 1. The standard InChI is InChI=1S/C20H22N4O6/c25-16(24-9-3-6-15(24)18(28)20(30)23-11-17(26)27)10-22-19(29)13-7-8-21-14-5-2-1-4-12(13)14/h1-2,4-5,7-8,15,18,28H,3,6,9-11H2,(H,22,29)(H,23,30)(H,26,27)/t15-,18?/m0/s1. The summed E-state index contributed by atoms with van der Waals surface area (Å²) in [4.78, 5) is 53.2. The summed E-state index contributed by atoms with van der Waals surface area (Å²) in [5, 5.41) is 24.2. The van der Waals surface area contributed by atoms with E-state index in [1.54, 1.807) is 24.3 Å². The number of carboxylic acid groups (broad SMARTS) is 1. The van der Waals surface area contributed by atoms with Gasteiger partial charge in [0, 0.05) is 18.1 Å². The molecule has 2 atom stereocenters. The van der Waals surface area contributed by atoms with Crippen molar-refractivity contribution in [2.45, 2.75) is 25.0 Å². The molecule has 3 rings (SSSR count). The Labute approximate surface area is 171 Å². The summed E-state index contributed by atoms with van der Waals surface area (Å²) in [5.41, 5.74) is 1.05. The number of nitrogens with zero attached hydrogens (tertiary/aromatic N) is 2. The Morgan fingerprint density at radius 1 is 1.13 bits per heavy atom. The summed E-state index contributed by atoms with van der Waals surface area (Å²) in [6.07, 6.45) is 0.955. The molecule has 3 amide bonds. The van der Waals surface area contributed by atoms with Crippen LogP contribution in [0.2, 0.25) is 0 Å². The van der Waals surface area contributed by atoms with Gasteiger partial charge in [0.1, 0.15) is 6.54 Å². The highest BCUT2D eigenvalue weighted by Crippen LogP contribution is 2.21. The molecule has 2 heterocycles. The van der Waals surface area contributed by atoms with Crippen LogP contribution in [-0.2, 0) is 14.4 Å². The van der Waals surface area contributed by atoms with E-state index in [0.717, 1.165) is 0 Å². The SMILES string of the molecule is O=C(O)CNC(=O)C(O)[C@@H]1CCCN1C(=O)CNC(=O)c1ccnc2ccccc12. The van der Waals surface area contributed by atoms with Gasteiger partial charge in [0.2, 0.25) is 5.91 Å². The van der Waals surface area contributed by atoms with Crippen LogP contribution >= 0.6 is 0 Å². The number of likely N-dealkylation sites (tertiary alicyclic amines) is 1. The zero-order valence-electron chi connectivity index (χ0n) is 16.1. The molecule has 1 aromatic heterocycles. The number of aliphatic hydroxyl groups is 1. The predicted molar refractivity (Wildman–Crippen MR) is 105 cm³/mol. The Bertz CT molecular complexity index is 973. The van der Waals surface area contributed by atoms with Gasteiger partial charge in [0.15, 0.2) is 6.10 Å². The minimum absolute atomic E-state index is 0.296. The van der Waals surface area contributed by atoms with Crippen molar-refractivity contribution in [1.29, 1.82) is 0 Å². The summed E-state index contributed by atoms with van der Waals surface area (Å²) in [6, 6.07) is 7.94. The number of nitrogens with one attached hydrogen (secondary N) is 2. The van der Waals surface area contributed by atoms with Gasteiger partial charge in [0.25, 0.3) is 11.8 Å². The first-order valence-corrected chi connectivity index (χ1v) is 9.47. The normalized spacial score (nSPS) is 16.8. The first-order valence-electron chi connectivity index (χ1n) is 9.47. The molecule has 1 aliphatic heterocycles. The number of para-hydroxylation sites is 1. The maximum atomic E-state index is 12.6. The van der Waals surface area contributed by atoms with Crippen LogP contribution in [0.4, 0.5) is 0 Å². The topological polar surface area (TPSA) is 149 Å². The molecule has 1 aromatic carbocycles. The Morgan fingerprint density at radius 2 is 1.90 bits per heavy atom. The Morgan fingerprint density at radius 3 is 2.67 bits per heavy atom. The molecule has 4 N–H and O–H groups in total. The quantitative estimate of drug-likeness (QED) is 0.478. The highest BCUT2D eigenvalue weighted by Gasteiger charge is 2.37. The number of carbonyl (C=O) groups is 4. The maximum Gasteiger partial charge on any atom is 0.322 e. The van der Waals surface area contributed by atoms with Gasteiger partial charge in [0.05, 0.1) is 23.7 Å². The van der Waals surface area contributed by atoms with E-state index < -0.39 is 42.4 Å². The van der Waals surface area contributed by atoms with Gasteiger partial charge in [-0.1, -0.05) is 18.2 Å². The molecular weight excluding hydrogens is 392 g/mol. The van der Waals surface area contributed by atoms with Crippen LogP contribution in [-0.4, -0.2) is 75.6 Å². The molecule has 0 radical (unpaired) electrons. The first-order chi connectivity index (χ1) is 14.4. The molecule has 1 aliphatic rings. The fourth-order valence-corrected chi connectivity index (χ4v) is 3.52. The predicted octanol–water partition coefficient (Wildman–Crippen LogP) is -0.483. The lowest BCUT2D eigenvalue weighted by molar-refractivity contribution is -0.142. The Kier molecular flexibility index (Phi) is 6.58. The number of carboxylic acids is 1. The smallest absolute Gasteiger partial charge is 0.322 e. The van der Waals surface area contributed by atoms with Gasteiger partial charge >= 0.3 is 5.97 Å². The lowest BCUT2D eigenvalue weighted by Gasteiger charge is -2.28. The van der Waals surface area contributed by atoms with E-state index >= 15 is 0 Å². The summed E-state index contributed by atoms with van der Waals surface area (Å²) < 4.78 is 0. The number of hydrogen-bond acceptors (Lipinski definition) is 6. The highest BCUT2D eigenvalue weighted by molar-refractivity contribution is 6.06. The number of benzene rings is 1. The average Bonchev–Trinajstić information content (AvgIpc) is 3.24. The van der Waals surface area contributed by atoms with E-state index in [0.29, 0.717) is 35.9 Å². The number of aliphatic carboxylic acids is 1. The summed E-state index contributed by atoms with van der Waals surface area (Å²) in [6.45, 7) is -0.581. The largest absolute Gasteiger partial charge is 0.480 e. The van der Waals surface area contributed by atoms with Gasteiger partial charge in [-0.3, -0.25) is 24.2 Å². The van der Waals surface area contributed by atoms with Crippen molar-refractivity contribution in [3.8, 4) is 0 Å². The average molecular weight is 414 g/mol. The number of hydrogen-bond donors (Lipinski definition) is 4. The fraction of sp³-hybridized carbons (Fsp3) is 0.350. The molecule has 10 nitrogen and oxygen atoms in total. The number of fused-ring (bicyclic) bond motifs is 1. The van der Waals surface area contributed by atoms with Crippen molar-refractivity contribution < 1.29 is 29.4 Å². The van der Waals surface area contributed by atoms with Crippen molar-refractivity contribution in [3.05, 3.63) is 42.1 Å². The molecule has 0 aliphatic carbocycles. The molecule has 10 heteroatoms. The summed E-state index contributed by atoms with van der Waals surface area (Å²) in [7, 11) is 0. The van der Waals surface area contributed by atoms with Crippen LogP contribution in [0, 0.1) is 0 Å². The minimum atomic E-state index is -1.55. The molecule has 0 spiro atoms. The van der Waals surface area contributed by atoms with Gasteiger partial charge < -0.3 is 25.7 Å². The highest BCUT2D eigenvalue weighted by atomic mass is 16.4. The van der Waals surface area contributed by atoms with E-state index in [4.69, 9.17) is 5.11 Å². The Balaban J connectivity index is 1.61. The van der Waals surface area contributed by atoms with Crippen molar-refractivity contribution in [1.82, 2.24) is 20.5 Å². The molecular formula is C20H22N4O6.